The highest BCUT2D eigenvalue weighted by atomic mass is 32.1. The first kappa shape index (κ1) is 16.2. The lowest BCUT2D eigenvalue weighted by Gasteiger charge is -2.22. The van der Waals surface area contributed by atoms with Crippen molar-refractivity contribution in [2.24, 2.45) is 0 Å². The van der Waals surface area contributed by atoms with Crippen molar-refractivity contribution in [2.45, 2.75) is 38.8 Å². The Hall–Kier alpha value is -1.83. The molecular weight excluding hydrogens is 284 g/mol. The van der Waals surface area contributed by atoms with Gasteiger partial charge in [0.2, 0.25) is 5.88 Å². The highest BCUT2D eigenvalue weighted by molar-refractivity contribution is 7.03. The molecular formula is C12H18N2O5S. The zero-order valence-corrected chi connectivity index (χ0v) is 12.6. The fourth-order valence-corrected chi connectivity index (χ4v) is 2.19. The van der Waals surface area contributed by atoms with Crippen LogP contribution in [-0.2, 0) is 9.53 Å². The van der Waals surface area contributed by atoms with Crippen LogP contribution in [-0.4, -0.2) is 34.3 Å². The molecule has 0 aliphatic rings. The molecule has 1 amide bonds. The van der Waals surface area contributed by atoms with Crippen LogP contribution < -0.4 is 10.1 Å². The SMILES string of the molecule is COc1nscc1[C@H](CC(=O)O)NC(=O)OC(C)(C)C. The number of alkyl carbamates (subject to hydrolysis) is 1. The number of carboxylic acids is 1. The molecule has 1 aromatic rings. The number of nitrogens with zero attached hydrogens (tertiary/aromatic N) is 1. The van der Waals surface area contributed by atoms with E-state index in [0.717, 1.165) is 11.5 Å². The molecule has 0 radical (unpaired) electrons. The summed E-state index contributed by atoms with van der Waals surface area (Å²) in [5, 5.41) is 13.1. The maximum Gasteiger partial charge on any atom is 0.408 e. The van der Waals surface area contributed by atoms with Crippen molar-refractivity contribution in [3.05, 3.63) is 10.9 Å². The maximum absolute atomic E-state index is 11.8. The zero-order chi connectivity index (χ0) is 15.3. The number of ether oxygens (including phenoxy) is 2. The number of rotatable bonds is 5. The lowest BCUT2D eigenvalue weighted by atomic mass is 10.1. The van der Waals surface area contributed by atoms with Crippen LogP contribution in [0.1, 0.15) is 38.8 Å². The van der Waals surface area contributed by atoms with Crippen molar-refractivity contribution in [2.75, 3.05) is 7.11 Å². The third-order valence-corrected chi connectivity index (χ3v) is 2.83. The van der Waals surface area contributed by atoms with E-state index in [0.29, 0.717) is 11.4 Å². The Kier molecular flexibility index (Phi) is 5.32. The number of carboxylic acid groups (broad SMARTS) is 1. The molecule has 0 spiro atoms. The number of carbonyl (C=O) groups is 2. The lowest BCUT2D eigenvalue weighted by molar-refractivity contribution is -0.137. The van der Waals surface area contributed by atoms with Crippen LogP contribution in [0.25, 0.3) is 0 Å². The predicted octanol–water partition coefficient (Wildman–Crippen LogP) is 2.19. The minimum Gasteiger partial charge on any atom is -0.481 e. The zero-order valence-electron chi connectivity index (χ0n) is 11.8. The molecule has 0 fully saturated rings. The molecule has 112 valence electrons. The Bertz CT molecular complexity index is 480. The van der Waals surface area contributed by atoms with Gasteiger partial charge in [-0.05, 0) is 32.3 Å². The van der Waals surface area contributed by atoms with E-state index in [1.807, 2.05) is 0 Å². The Balaban J connectivity index is 2.85. The lowest BCUT2D eigenvalue weighted by Crippen LogP contribution is -2.35. The number of amides is 1. The van der Waals surface area contributed by atoms with Crippen LogP contribution in [0.15, 0.2) is 5.38 Å². The molecule has 1 aromatic heterocycles. The summed E-state index contributed by atoms with van der Waals surface area (Å²) >= 11 is 1.13. The topological polar surface area (TPSA) is 97.8 Å². The molecule has 0 unspecified atom stereocenters. The van der Waals surface area contributed by atoms with E-state index < -0.39 is 23.7 Å². The van der Waals surface area contributed by atoms with Gasteiger partial charge in [-0.15, -0.1) is 0 Å². The monoisotopic (exact) mass is 302 g/mol. The molecule has 0 aromatic carbocycles. The Morgan fingerprint density at radius 3 is 2.65 bits per heavy atom. The van der Waals surface area contributed by atoms with Crippen molar-refractivity contribution < 1.29 is 24.2 Å². The van der Waals surface area contributed by atoms with Crippen LogP contribution in [0, 0.1) is 0 Å². The fraction of sp³-hybridized carbons (Fsp3) is 0.583. The van der Waals surface area contributed by atoms with E-state index in [4.69, 9.17) is 14.6 Å². The molecule has 7 nitrogen and oxygen atoms in total. The first-order valence-corrected chi connectivity index (χ1v) is 6.76. The van der Waals surface area contributed by atoms with Crippen LogP contribution in [0.2, 0.25) is 0 Å². The summed E-state index contributed by atoms with van der Waals surface area (Å²) in [5.74, 6) is -0.739. The molecule has 8 heteroatoms. The summed E-state index contributed by atoms with van der Waals surface area (Å²) in [6.45, 7) is 5.18. The summed E-state index contributed by atoms with van der Waals surface area (Å²) in [4.78, 5) is 22.7. The number of aliphatic carboxylic acids is 1. The van der Waals surface area contributed by atoms with Crippen LogP contribution in [0.4, 0.5) is 4.79 Å². The third-order valence-electron chi connectivity index (χ3n) is 2.20. The van der Waals surface area contributed by atoms with Gasteiger partial charge in [0.15, 0.2) is 0 Å². The summed E-state index contributed by atoms with van der Waals surface area (Å²) < 4.78 is 14.1. The Labute approximate surface area is 121 Å². The molecule has 20 heavy (non-hydrogen) atoms. The quantitative estimate of drug-likeness (QED) is 0.865. The second-order valence-corrected chi connectivity index (χ2v) is 5.70. The number of hydrogen-bond donors (Lipinski definition) is 2. The average Bonchev–Trinajstić information content (AvgIpc) is 2.72. The van der Waals surface area contributed by atoms with Crippen molar-refractivity contribution >= 4 is 23.6 Å². The van der Waals surface area contributed by atoms with Gasteiger partial charge in [0.1, 0.15) is 5.60 Å². The molecule has 0 bridgehead atoms. The maximum atomic E-state index is 11.8. The summed E-state index contributed by atoms with van der Waals surface area (Å²) in [7, 11) is 1.43. The van der Waals surface area contributed by atoms with Gasteiger partial charge < -0.3 is 19.9 Å². The minimum atomic E-state index is -1.04. The average molecular weight is 302 g/mol. The smallest absolute Gasteiger partial charge is 0.408 e. The van der Waals surface area contributed by atoms with E-state index in [1.165, 1.54) is 7.11 Å². The molecule has 0 saturated heterocycles. The van der Waals surface area contributed by atoms with E-state index in [9.17, 15) is 9.59 Å². The summed E-state index contributed by atoms with van der Waals surface area (Å²) in [6, 6.07) is -0.754. The fourth-order valence-electron chi connectivity index (χ4n) is 1.48. The van der Waals surface area contributed by atoms with Crippen LogP contribution in [0.5, 0.6) is 5.88 Å². The second-order valence-electron chi connectivity index (χ2n) is 5.08. The first-order valence-electron chi connectivity index (χ1n) is 5.92. The van der Waals surface area contributed by atoms with Gasteiger partial charge in [0.25, 0.3) is 0 Å². The largest absolute Gasteiger partial charge is 0.481 e. The van der Waals surface area contributed by atoms with Gasteiger partial charge in [-0.25, -0.2) is 4.79 Å². The van der Waals surface area contributed by atoms with Gasteiger partial charge in [-0.2, -0.15) is 4.37 Å². The van der Waals surface area contributed by atoms with E-state index in [-0.39, 0.29) is 6.42 Å². The molecule has 1 heterocycles. The van der Waals surface area contributed by atoms with Crippen molar-refractivity contribution in [1.29, 1.82) is 0 Å². The Morgan fingerprint density at radius 1 is 1.50 bits per heavy atom. The predicted molar refractivity (Wildman–Crippen MR) is 73.0 cm³/mol. The molecule has 2 N–H and O–H groups in total. The normalized spacial score (nSPS) is 12.6. The van der Waals surface area contributed by atoms with Crippen molar-refractivity contribution in [3.63, 3.8) is 0 Å². The van der Waals surface area contributed by atoms with Crippen LogP contribution in [0.3, 0.4) is 0 Å². The second kappa shape index (κ2) is 6.56. The van der Waals surface area contributed by atoms with Gasteiger partial charge in [-0.3, -0.25) is 4.79 Å². The van der Waals surface area contributed by atoms with Crippen molar-refractivity contribution in [3.8, 4) is 5.88 Å². The highest BCUT2D eigenvalue weighted by Gasteiger charge is 2.25. The number of aromatic nitrogens is 1. The van der Waals surface area contributed by atoms with Crippen LogP contribution >= 0.6 is 11.5 Å². The van der Waals surface area contributed by atoms with E-state index >= 15 is 0 Å². The molecule has 0 saturated carbocycles. The number of nitrogens with one attached hydrogen (secondary N) is 1. The van der Waals surface area contributed by atoms with Gasteiger partial charge >= 0.3 is 12.1 Å². The molecule has 0 aliphatic heterocycles. The molecule has 1 atom stereocenters. The minimum absolute atomic E-state index is 0.284. The first-order chi connectivity index (χ1) is 9.23. The van der Waals surface area contributed by atoms with Gasteiger partial charge in [-0.1, -0.05) is 0 Å². The summed E-state index contributed by atoms with van der Waals surface area (Å²) in [5.41, 5.74) is -0.139. The van der Waals surface area contributed by atoms with Gasteiger partial charge in [0, 0.05) is 10.9 Å². The summed E-state index contributed by atoms with van der Waals surface area (Å²) in [6.07, 6.45) is -0.967. The number of methoxy groups -OCH3 is 1. The highest BCUT2D eigenvalue weighted by Crippen LogP contribution is 2.28. The number of hydrogen-bond acceptors (Lipinski definition) is 6. The molecule has 1 rings (SSSR count). The molecule has 0 aliphatic carbocycles. The Morgan fingerprint density at radius 2 is 2.15 bits per heavy atom. The van der Waals surface area contributed by atoms with Gasteiger partial charge in [0.05, 0.1) is 19.6 Å². The van der Waals surface area contributed by atoms with Crippen molar-refractivity contribution in [1.82, 2.24) is 9.69 Å². The van der Waals surface area contributed by atoms with E-state index in [1.54, 1.807) is 26.2 Å². The standard InChI is InChI=1S/C12H18N2O5S/c1-12(2,3)19-11(17)13-8(5-9(15)16)7-6-20-14-10(7)18-4/h6,8H,5H2,1-4H3,(H,13,17)(H,15,16)/t8-/m0/s1. The van der Waals surface area contributed by atoms with E-state index in [2.05, 4.69) is 9.69 Å². The number of carbonyl (C=O) groups excluding carboxylic acids is 1. The third kappa shape index (κ3) is 5.04.